The number of ether oxygens (including phenoxy) is 5. The van der Waals surface area contributed by atoms with Crippen LogP contribution in [0.15, 0.2) is 66.9 Å². The van der Waals surface area contributed by atoms with Crippen molar-refractivity contribution in [1.29, 1.82) is 0 Å². The second-order valence-corrected chi connectivity index (χ2v) is 12.7. The van der Waals surface area contributed by atoms with Crippen molar-refractivity contribution in [2.24, 2.45) is 11.3 Å². The molecule has 3 fully saturated rings. The minimum absolute atomic E-state index is 0.180. The van der Waals surface area contributed by atoms with Crippen LogP contribution in [0.2, 0.25) is 0 Å². The van der Waals surface area contributed by atoms with Gasteiger partial charge in [0.15, 0.2) is 6.10 Å². The van der Waals surface area contributed by atoms with E-state index in [4.69, 9.17) is 23.7 Å². The van der Waals surface area contributed by atoms with Crippen molar-refractivity contribution in [3.8, 4) is 0 Å². The molecule has 2 bridgehead atoms. The normalized spacial score (nSPS) is 35.9. The lowest BCUT2D eigenvalue weighted by Gasteiger charge is -2.65. The molecule has 0 amide bonds. The van der Waals surface area contributed by atoms with Crippen molar-refractivity contribution >= 4 is 24.0 Å². The summed E-state index contributed by atoms with van der Waals surface area (Å²) in [4.78, 5) is 38.9. The summed E-state index contributed by atoms with van der Waals surface area (Å²) in [6.07, 6.45) is -0.200. The highest BCUT2D eigenvalue weighted by Gasteiger charge is 2.85. The minimum Gasteiger partial charge on any atom is -0.494 e. The molecule has 0 unspecified atom stereocenters. The van der Waals surface area contributed by atoms with Gasteiger partial charge in [0, 0.05) is 13.8 Å². The van der Waals surface area contributed by atoms with Crippen LogP contribution in [0.4, 0.5) is 0 Å². The Kier molecular flexibility index (Phi) is 7.94. The van der Waals surface area contributed by atoms with Crippen molar-refractivity contribution in [2.45, 2.75) is 95.6 Å². The zero-order valence-electron chi connectivity index (χ0n) is 25.4. The summed E-state index contributed by atoms with van der Waals surface area (Å²) in [5, 5.41) is 12.2. The van der Waals surface area contributed by atoms with E-state index in [1.807, 2.05) is 44.2 Å². The third-order valence-corrected chi connectivity index (χ3v) is 9.50. The van der Waals surface area contributed by atoms with Crippen LogP contribution in [0, 0.1) is 11.3 Å². The summed E-state index contributed by atoms with van der Waals surface area (Å²) in [5.41, 5.74) is -4.48. The standard InChI is InChI=1S/C34H40O9/c1-21(35)40-25-17-19-32(5,38)34-28(41-22(2)36)26(31(3,4)43-34)27(39-20-18-23-13-9-7-10-14-23)29(33(25,34)6)42-30(37)24-15-11-8-12-16-24/h7-16,18,20,25-29,38H,17,19H2,1-6H3/t25-,26+,27-,28+,29-,32-,33-,34-/m0/s1. The number of carbonyl (C=O) groups excluding carboxylic acids is 3. The van der Waals surface area contributed by atoms with Crippen LogP contribution in [0.5, 0.6) is 0 Å². The summed E-state index contributed by atoms with van der Waals surface area (Å²) in [6.45, 7) is 9.69. The van der Waals surface area contributed by atoms with Gasteiger partial charge in [-0.3, -0.25) is 9.59 Å². The summed E-state index contributed by atoms with van der Waals surface area (Å²) in [5.74, 6) is -2.42. The topological polar surface area (TPSA) is 118 Å². The maximum Gasteiger partial charge on any atom is 0.338 e. The molecule has 0 radical (unpaired) electrons. The molecule has 9 nitrogen and oxygen atoms in total. The maximum atomic E-state index is 13.7. The van der Waals surface area contributed by atoms with E-state index in [1.54, 1.807) is 50.3 Å². The third kappa shape index (κ3) is 5.02. The lowest BCUT2D eigenvalue weighted by molar-refractivity contribution is -0.336. The molecule has 8 atom stereocenters. The summed E-state index contributed by atoms with van der Waals surface area (Å²) >= 11 is 0. The van der Waals surface area contributed by atoms with Gasteiger partial charge in [0.1, 0.15) is 23.9 Å². The number of hydrogen-bond acceptors (Lipinski definition) is 9. The average Bonchev–Trinajstić information content (AvgIpc) is 3.15. The summed E-state index contributed by atoms with van der Waals surface area (Å²) < 4.78 is 31.8. The fourth-order valence-corrected chi connectivity index (χ4v) is 7.79. The Hall–Kier alpha value is -3.69. The molecule has 9 heteroatoms. The van der Waals surface area contributed by atoms with Gasteiger partial charge in [0.2, 0.25) is 0 Å². The van der Waals surface area contributed by atoms with E-state index in [9.17, 15) is 19.5 Å². The van der Waals surface area contributed by atoms with Gasteiger partial charge in [-0.2, -0.15) is 0 Å². The summed E-state index contributed by atoms with van der Waals surface area (Å²) in [7, 11) is 0. The Morgan fingerprint density at radius 3 is 2.07 bits per heavy atom. The maximum absolute atomic E-state index is 13.7. The Morgan fingerprint density at radius 1 is 0.860 bits per heavy atom. The number of benzene rings is 2. The van der Waals surface area contributed by atoms with Crippen LogP contribution in [-0.4, -0.2) is 64.2 Å². The van der Waals surface area contributed by atoms with Crippen molar-refractivity contribution in [1.82, 2.24) is 0 Å². The van der Waals surface area contributed by atoms with Crippen LogP contribution in [0.3, 0.4) is 0 Å². The molecule has 1 heterocycles. The summed E-state index contributed by atoms with van der Waals surface area (Å²) in [6, 6.07) is 18.1. The quantitative estimate of drug-likeness (QED) is 0.273. The number of esters is 3. The van der Waals surface area contributed by atoms with Gasteiger partial charge in [0.05, 0.1) is 34.4 Å². The molecular weight excluding hydrogens is 552 g/mol. The molecule has 2 aliphatic carbocycles. The van der Waals surface area contributed by atoms with Crippen LogP contribution < -0.4 is 0 Å². The van der Waals surface area contributed by atoms with E-state index >= 15 is 0 Å². The molecule has 2 aromatic carbocycles. The predicted molar refractivity (Wildman–Crippen MR) is 156 cm³/mol. The molecule has 5 rings (SSSR count). The number of hydrogen-bond donors (Lipinski definition) is 1. The highest BCUT2D eigenvalue weighted by Crippen LogP contribution is 2.69. The van der Waals surface area contributed by atoms with Gasteiger partial charge in [-0.1, -0.05) is 48.5 Å². The Morgan fingerprint density at radius 2 is 1.47 bits per heavy atom. The molecule has 230 valence electrons. The molecule has 2 aromatic rings. The van der Waals surface area contributed by atoms with E-state index in [0.717, 1.165) is 5.56 Å². The first kappa shape index (κ1) is 30.8. The van der Waals surface area contributed by atoms with Gasteiger partial charge in [-0.05, 0) is 64.3 Å². The lowest BCUT2D eigenvalue weighted by Crippen LogP contribution is -2.81. The molecular formula is C34H40O9. The first-order valence-corrected chi connectivity index (χ1v) is 14.6. The smallest absolute Gasteiger partial charge is 0.338 e. The van der Waals surface area contributed by atoms with Crippen molar-refractivity contribution in [3.05, 3.63) is 78.1 Å². The Labute approximate surface area is 252 Å². The van der Waals surface area contributed by atoms with Crippen LogP contribution in [0.25, 0.3) is 6.08 Å². The van der Waals surface area contributed by atoms with Gasteiger partial charge in [-0.25, -0.2) is 4.79 Å². The van der Waals surface area contributed by atoms with E-state index in [-0.39, 0.29) is 12.8 Å². The number of rotatable bonds is 7. The number of aliphatic hydroxyl groups is 1. The van der Waals surface area contributed by atoms with Gasteiger partial charge >= 0.3 is 17.9 Å². The Bertz CT molecular complexity index is 1390. The molecule has 1 N–H and O–H groups in total. The SMILES string of the molecule is CC(=O)O[C@H]1CC[C@](C)(O)[C@]23OC(C)(C)[C@H]([C@H](OC=Cc4ccccc4)[C@H](OC(=O)c4ccccc4)[C@]12C)[C@H]3OC(C)=O. The molecule has 0 aromatic heterocycles. The highest BCUT2D eigenvalue weighted by molar-refractivity contribution is 5.89. The highest BCUT2D eigenvalue weighted by atomic mass is 16.6. The van der Waals surface area contributed by atoms with Crippen molar-refractivity contribution in [2.75, 3.05) is 0 Å². The third-order valence-electron chi connectivity index (χ3n) is 9.50. The molecule has 1 saturated heterocycles. The largest absolute Gasteiger partial charge is 0.494 e. The zero-order valence-corrected chi connectivity index (χ0v) is 25.4. The van der Waals surface area contributed by atoms with E-state index < -0.39 is 70.5 Å². The predicted octanol–water partition coefficient (Wildman–Crippen LogP) is 4.86. The van der Waals surface area contributed by atoms with Crippen molar-refractivity contribution in [3.63, 3.8) is 0 Å². The van der Waals surface area contributed by atoms with Crippen molar-refractivity contribution < 1.29 is 43.2 Å². The van der Waals surface area contributed by atoms with E-state index in [0.29, 0.717) is 5.56 Å². The number of fused-ring (bicyclic) bond motifs is 1. The Balaban J connectivity index is 1.72. The second kappa shape index (κ2) is 11.1. The van der Waals surface area contributed by atoms with Gasteiger partial charge in [0.25, 0.3) is 0 Å². The van der Waals surface area contributed by atoms with Gasteiger partial charge in [-0.15, -0.1) is 0 Å². The fourth-order valence-electron chi connectivity index (χ4n) is 7.79. The van der Waals surface area contributed by atoms with Gasteiger partial charge < -0.3 is 28.8 Å². The number of carbonyl (C=O) groups is 3. The average molecular weight is 593 g/mol. The first-order valence-electron chi connectivity index (χ1n) is 14.6. The van der Waals surface area contributed by atoms with E-state index in [1.165, 1.54) is 20.1 Å². The lowest BCUT2D eigenvalue weighted by atomic mass is 9.47. The minimum atomic E-state index is -1.64. The molecule has 1 aliphatic heterocycles. The van der Waals surface area contributed by atoms with Crippen LogP contribution in [-0.2, 0) is 33.3 Å². The fraction of sp³-hybridized carbons (Fsp3) is 0.500. The van der Waals surface area contributed by atoms with Crippen LogP contribution in [0.1, 0.15) is 70.3 Å². The first-order chi connectivity index (χ1) is 20.2. The molecule has 43 heavy (non-hydrogen) atoms. The second-order valence-electron chi connectivity index (χ2n) is 12.7. The monoisotopic (exact) mass is 592 g/mol. The van der Waals surface area contributed by atoms with Crippen LogP contribution >= 0.6 is 0 Å². The molecule has 3 aliphatic rings. The molecule has 2 saturated carbocycles. The molecule has 1 spiro atoms. The van der Waals surface area contributed by atoms with E-state index in [2.05, 4.69) is 0 Å². The zero-order chi connectivity index (χ0) is 31.2.